The van der Waals surface area contributed by atoms with Crippen LogP contribution in [0.15, 0.2) is 0 Å². The van der Waals surface area contributed by atoms with E-state index >= 15 is 0 Å². The number of rotatable bonds is 9. The van der Waals surface area contributed by atoms with Gasteiger partial charge >= 0.3 is 18.0 Å². The average Bonchev–Trinajstić information content (AvgIpc) is 2.48. The highest BCUT2D eigenvalue weighted by atomic mass is 28.3. The van der Waals surface area contributed by atoms with Crippen molar-refractivity contribution in [1.29, 1.82) is 0 Å². The van der Waals surface area contributed by atoms with Crippen LogP contribution in [0.4, 0.5) is 4.79 Å². The van der Waals surface area contributed by atoms with E-state index in [1.807, 2.05) is 0 Å². The summed E-state index contributed by atoms with van der Waals surface area (Å²) in [5.41, 5.74) is -2.87. The molecule has 0 fully saturated rings. The van der Waals surface area contributed by atoms with E-state index in [0.29, 0.717) is 6.04 Å². The zero-order chi connectivity index (χ0) is 25.5. The molecule has 10 heteroatoms. The number of nitrogens with one attached hydrogen (secondary N) is 2. The van der Waals surface area contributed by atoms with Gasteiger partial charge in [0.05, 0.1) is 13.0 Å². The molecule has 0 aromatic heterocycles. The minimum absolute atomic E-state index is 0.160. The minimum Gasteiger partial charge on any atom is -0.464 e. The maximum absolute atomic E-state index is 13.2. The molecule has 0 saturated carbocycles. The van der Waals surface area contributed by atoms with Gasteiger partial charge in [-0.3, -0.25) is 9.59 Å². The van der Waals surface area contributed by atoms with E-state index in [9.17, 15) is 19.2 Å². The van der Waals surface area contributed by atoms with Crippen molar-refractivity contribution in [3.05, 3.63) is 0 Å². The molecule has 0 aliphatic rings. The number of hydrogen-bond donors (Lipinski definition) is 2. The Morgan fingerprint density at radius 3 is 1.78 bits per heavy atom. The lowest BCUT2D eigenvalue weighted by Gasteiger charge is -2.35. The van der Waals surface area contributed by atoms with Gasteiger partial charge in [-0.1, -0.05) is 19.6 Å². The average molecular weight is 475 g/mol. The molecule has 0 aromatic rings. The molecular formula is C22H42N2O7Si. The van der Waals surface area contributed by atoms with Gasteiger partial charge in [0.25, 0.3) is 0 Å². The summed E-state index contributed by atoms with van der Waals surface area (Å²) in [6.07, 6.45) is -1.28. The van der Waals surface area contributed by atoms with E-state index < -0.39 is 61.2 Å². The van der Waals surface area contributed by atoms with E-state index in [1.54, 1.807) is 55.4 Å². The van der Waals surface area contributed by atoms with Crippen molar-refractivity contribution in [3.8, 4) is 0 Å². The van der Waals surface area contributed by atoms with Crippen molar-refractivity contribution in [2.75, 3.05) is 6.61 Å². The van der Waals surface area contributed by atoms with Crippen LogP contribution < -0.4 is 10.6 Å². The molecule has 2 atom stereocenters. The summed E-state index contributed by atoms with van der Waals surface area (Å²) >= 11 is 0. The van der Waals surface area contributed by atoms with Crippen molar-refractivity contribution in [2.24, 2.45) is 0 Å². The van der Waals surface area contributed by atoms with Gasteiger partial charge in [-0.2, -0.15) is 0 Å². The summed E-state index contributed by atoms with van der Waals surface area (Å²) in [5.74, 6) is -1.93. The number of hydrogen-bond acceptors (Lipinski definition) is 7. The highest BCUT2D eigenvalue weighted by molar-refractivity contribution is 6.76. The molecule has 0 rings (SSSR count). The second kappa shape index (κ2) is 11.2. The Morgan fingerprint density at radius 1 is 0.875 bits per heavy atom. The normalized spacial score (nSPS) is 15.1. The number of carbonyl (C=O) groups excluding carboxylic acids is 4. The molecule has 0 aromatic carbocycles. The van der Waals surface area contributed by atoms with Crippen LogP contribution in [0.2, 0.25) is 25.7 Å². The lowest BCUT2D eigenvalue weighted by molar-refractivity contribution is -0.156. The maximum atomic E-state index is 13.2. The lowest BCUT2D eigenvalue weighted by Crippen LogP contribution is -2.60. The minimum atomic E-state index is -1.83. The van der Waals surface area contributed by atoms with Crippen molar-refractivity contribution in [2.45, 2.75) is 110 Å². The molecule has 9 nitrogen and oxygen atoms in total. The molecule has 0 radical (unpaired) electrons. The first-order valence-corrected chi connectivity index (χ1v) is 14.6. The van der Waals surface area contributed by atoms with Crippen LogP contribution >= 0.6 is 0 Å². The van der Waals surface area contributed by atoms with Gasteiger partial charge in [-0.05, 0) is 61.4 Å². The highest BCUT2D eigenvalue weighted by Gasteiger charge is 2.42. The Hall–Kier alpha value is -2.10. The maximum Gasteiger partial charge on any atom is 0.408 e. The van der Waals surface area contributed by atoms with Gasteiger partial charge in [0.15, 0.2) is 0 Å². The predicted octanol–water partition coefficient (Wildman–Crippen LogP) is 3.39. The summed E-state index contributed by atoms with van der Waals surface area (Å²) in [7, 11) is -1.83. The summed E-state index contributed by atoms with van der Waals surface area (Å²) in [6.45, 7) is 19.8. The van der Waals surface area contributed by atoms with E-state index in [1.165, 1.54) is 0 Å². The van der Waals surface area contributed by atoms with E-state index in [4.69, 9.17) is 14.2 Å². The Kier molecular flexibility index (Phi) is 10.4. The van der Waals surface area contributed by atoms with Gasteiger partial charge in [-0.15, -0.1) is 0 Å². The van der Waals surface area contributed by atoms with Crippen LogP contribution in [0, 0.1) is 0 Å². The third-order valence-electron chi connectivity index (χ3n) is 3.81. The van der Waals surface area contributed by atoms with Gasteiger partial charge in [0.2, 0.25) is 5.91 Å². The standard InChI is InChI=1S/C22H42N2O7Si/c1-12-29-18(27)22(8,14-32(9,10)11)24-17(26)15(13-16(25)30-20(2,3)4)23-19(28)31-21(5,6)7/h15H,12-14H2,1-11H3,(H,23,28)(H,24,26)/t15-,22-/m0/s1. The molecule has 0 unspecified atom stereocenters. The molecule has 2 amide bonds. The number of carbonyl (C=O) groups is 4. The first-order valence-electron chi connectivity index (χ1n) is 10.9. The Bertz CT molecular complexity index is 660. The molecule has 0 bridgehead atoms. The van der Waals surface area contributed by atoms with Gasteiger partial charge in [0.1, 0.15) is 22.8 Å². The summed E-state index contributed by atoms with van der Waals surface area (Å²) < 4.78 is 15.7. The molecule has 0 saturated heterocycles. The zero-order valence-corrected chi connectivity index (χ0v) is 22.6. The quantitative estimate of drug-likeness (QED) is 0.298. The number of amides is 2. The van der Waals surface area contributed by atoms with E-state index in [0.717, 1.165) is 0 Å². The fraction of sp³-hybridized carbons (Fsp3) is 0.818. The third-order valence-corrected chi connectivity index (χ3v) is 5.57. The highest BCUT2D eigenvalue weighted by Crippen LogP contribution is 2.23. The molecule has 186 valence electrons. The first-order chi connectivity index (χ1) is 14.2. The molecule has 0 heterocycles. The molecule has 0 spiro atoms. The number of alkyl carbamates (subject to hydrolysis) is 1. The summed E-state index contributed by atoms with van der Waals surface area (Å²) in [6, 6.07) is -0.883. The Labute approximate surface area is 193 Å². The molecular weight excluding hydrogens is 432 g/mol. The van der Waals surface area contributed by atoms with Crippen molar-refractivity contribution in [3.63, 3.8) is 0 Å². The zero-order valence-electron chi connectivity index (χ0n) is 21.6. The van der Waals surface area contributed by atoms with E-state index in [-0.39, 0.29) is 6.61 Å². The van der Waals surface area contributed by atoms with Crippen molar-refractivity contribution < 1.29 is 33.4 Å². The summed E-state index contributed by atoms with van der Waals surface area (Å²) in [5, 5.41) is 5.15. The smallest absolute Gasteiger partial charge is 0.408 e. The van der Waals surface area contributed by atoms with Gasteiger partial charge < -0.3 is 24.8 Å². The van der Waals surface area contributed by atoms with Crippen molar-refractivity contribution in [1.82, 2.24) is 10.6 Å². The van der Waals surface area contributed by atoms with Crippen LogP contribution in [-0.4, -0.2) is 61.4 Å². The Morgan fingerprint density at radius 2 is 1.38 bits per heavy atom. The molecule has 0 aliphatic heterocycles. The Balaban J connectivity index is 5.80. The fourth-order valence-electron chi connectivity index (χ4n) is 3.09. The van der Waals surface area contributed by atoms with E-state index in [2.05, 4.69) is 30.3 Å². The van der Waals surface area contributed by atoms with Crippen LogP contribution in [0.5, 0.6) is 0 Å². The van der Waals surface area contributed by atoms with Crippen LogP contribution in [-0.2, 0) is 28.6 Å². The number of esters is 2. The summed E-state index contributed by atoms with van der Waals surface area (Å²) in [4.78, 5) is 50.6. The molecule has 32 heavy (non-hydrogen) atoms. The van der Waals surface area contributed by atoms with Crippen LogP contribution in [0.3, 0.4) is 0 Å². The third kappa shape index (κ3) is 12.7. The second-order valence-electron chi connectivity index (χ2n) is 11.3. The fourth-order valence-corrected chi connectivity index (χ4v) is 5.44. The van der Waals surface area contributed by atoms with Crippen LogP contribution in [0.25, 0.3) is 0 Å². The number of ether oxygens (including phenoxy) is 3. The molecule has 2 N–H and O–H groups in total. The second-order valence-corrected chi connectivity index (χ2v) is 16.7. The van der Waals surface area contributed by atoms with Crippen LogP contribution in [0.1, 0.15) is 61.8 Å². The predicted molar refractivity (Wildman–Crippen MR) is 125 cm³/mol. The first kappa shape index (κ1) is 29.9. The monoisotopic (exact) mass is 474 g/mol. The van der Waals surface area contributed by atoms with Crippen molar-refractivity contribution >= 4 is 32.0 Å². The SMILES string of the molecule is CCOC(=O)[C@](C)(C[Si](C)(C)C)NC(=O)[C@H](CC(=O)OC(C)(C)C)NC(=O)OC(C)(C)C. The molecule has 0 aliphatic carbocycles. The topological polar surface area (TPSA) is 120 Å². The van der Waals surface area contributed by atoms with Gasteiger partial charge in [-0.25, -0.2) is 9.59 Å². The lowest BCUT2D eigenvalue weighted by atomic mass is 10.0. The largest absolute Gasteiger partial charge is 0.464 e. The van der Waals surface area contributed by atoms with Gasteiger partial charge in [0, 0.05) is 8.07 Å².